The largest absolute Gasteiger partial charge is 0.366 e. The van der Waals surface area contributed by atoms with Crippen molar-refractivity contribution in [2.45, 2.75) is 38.6 Å². The van der Waals surface area contributed by atoms with Crippen molar-refractivity contribution in [1.82, 2.24) is 5.32 Å². The molecule has 1 aliphatic heterocycles. The van der Waals surface area contributed by atoms with Crippen LogP contribution in [0.5, 0.6) is 0 Å². The van der Waals surface area contributed by atoms with Gasteiger partial charge in [0, 0.05) is 12.8 Å². The van der Waals surface area contributed by atoms with E-state index >= 15 is 0 Å². The highest BCUT2D eigenvalue weighted by Crippen LogP contribution is 2.00. The van der Waals surface area contributed by atoms with Crippen LogP contribution >= 0.6 is 0 Å². The molecule has 0 aromatic heterocycles. The van der Waals surface area contributed by atoms with E-state index in [0.29, 0.717) is 18.3 Å². The number of nitrogens with two attached hydrogens (primary N) is 1. The van der Waals surface area contributed by atoms with Crippen LogP contribution in [0.3, 0.4) is 0 Å². The maximum Gasteiger partial charge on any atom is 0.293 e. The topological polar surface area (TPSA) is 64.4 Å². The lowest BCUT2D eigenvalue weighted by Crippen LogP contribution is -2.80. The number of nitrogens with zero attached hydrogens (tertiary/aromatic N) is 1. The Morgan fingerprint density at radius 1 is 1.30 bits per heavy atom. The van der Waals surface area contributed by atoms with Crippen LogP contribution in [0.15, 0.2) is 35.3 Å². The van der Waals surface area contributed by atoms with Crippen LogP contribution in [0.25, 0.3) is 0 Å². The second-order valence-corrected chi connectivity index (χ2v) is 5.23. The first-order valence-corrected chi connectivity index (χ1v) is 7.48. The monoisotopic (exact) mass is 273 g/mol. The fraction of sp³-hybridized carbons (Fsp3) is 0.500. The molecule has 0 radical (unpaired) electrons. The SMILES string of the molecule is CCC(N=C(N)Cc1ccccc1)=[NH+]C1CCNCC1. The van der Waals surface area contributed by atoms with Crippen LogP contribution in [0, 0.1) is 0 Å². The molecule has 0 spiro atoms. The van der Waals surface area contributed by atoms with Gasteiger partial charge in [-0.1, -0.05) is 37.3 Å². The van der Waals surface area contributed by atoms with Gasteiger partial charge in [-0.2, -0.15) is 0 Å². The van der Waals surface area contributed by atoms with Gasteiger partial charge in [0.2, 0.25) is 5.84 Å². The molecule has 0 unspecified atom stereocenters. The van der Waals surface area contributed by atoms with Gasteiger partial charge in [-0.05, 0) is 23.6 Å². The maximum absolute atomic E-state index is 6.06. The minimum absolute atomic E-state index is 0.527. The lowest BCUT2D eigenvalue weighted by Gasteiger charge is -2.17. The van der Waals surface area contributed by atoms with Crippen molar-refractivity contribution >= 4 is 11.7 Å². The molecule has 1 saturated heterocycles. The van der Waals surface area contributed by atoms with E-state index in [2.05, 4.69) is 34.4 Å². The summed E-state index contributed by atoms with van der Waals surface area (Å²) in [5.74, 6) is 1.68. The summed E-state index contributed by atoms with van der Waals surface area (Å²) >= 11 is 0. The predicted molar refractivity (Wildman–Crippen MR) is 83.9 cm³/mol. The first kappa shape index (κ1) is 14.7. The number of benzene rings is 1. The molecule has 108 valence electrons. The zero-order valence-corrected chi connectivity index (χ0v) is 12.2. The van der Waals surface area contributed by atoms with Crippen molar-refractivity contribution in [2.24, 2.45) is 10.7 Å². The van der Waals surface area contributed by atoms with Crippen LogP contribution in [-0.4, -0.2) is 30.8 Å². The average Bonchev–Trinajstić information content (AvgIpc) is 2.48. The molecule has 20 heavy (non-hydrogen) atoms. The Morgan fingerprint density at radius 3 is 2.65 bits per heavy atom. The van der Waals surface area contributed by atoms with E-state index in [4.69, 9.17) is 5.73 Å². The molecule has 0 bridgehead atoms. The summed E-state index contributed by atoms with van der Waals surface area (Å²) in [5, 5.41) is 3.37. The number of piperidine rings is 1. The predicted octanol–water partition coefficient (Wildman–Crippen LogP) is 0.227. The number of hydrogen-bond donors (Lipinski definition) is 3. The van der Waals surface area contributed by atoms with Gasteiger partial charge < -0.3 is 11.1 Å². The van der Waals surface area contributed by atoms with Crippen molar-refractivity contribution < 1.29 is 4.99 Å². The summed E-state index contributed by atoms with van der Waals surface area (Å²) in [4.78, 5) is 8.10. The highest BCUT2D eigenvalue weighted by molar-refractivity contribution is 5.94. The van der Waals surface area contributed by atoms with E-state index in [1.807, 2.05) is 18.2 Å². The van der Waals surface area contributed by atoms with Gasteiger partial charge in [0.25, 0.3) is 5.84 Å². The summed E-state index contributed by atoms with van der Waals surface area (Å²) in [6, 6.07) is 10.8. The van der Waals surface area contributed by atoms with Crippen LogP contribution in [0.1, 0.15) is 31.7 Å². The molecule has 4 N–H and O–H groups in total. The Hall–Kier alpha value is -1.68. The van der Waals surface area contributed by atoms with E-state index in [9.17, 15) is 0 Å². The van der Waals surface area contributed by atoms with E-state index in [1.54, 1.807) is 0 Å². The second kappa shape index (κ2) is 7.80. The molecule has 1 aliphatic rings. The zero-order valence-electron chi connectivity index (χ0n) is 12.2. The molecule has 1 heterocycles. The Bertz CT molecular complexity index is 459. The molecular weight excluding hydrogens is 248 g/mol. The van der Waals surface area contributed by atoms with E-state index in [0.717, 1.165) is 38.2 Å². The zero-order chi connectivity index (χ0) is 14.2. The minimum Gasteiger partial charge on any atom is -0.366 e. The summed E-state index contributed by atoms with van der Waals surface area (Å²) in [5.41, 5.74) is 7.26. The second-order valence-electron chi connectivity index (χ2n) is 5.23. The Balaban J connectivity index is 1.99. The molecular formula is C16H25N4+. The Morgan fingerprint density at radius 2 is 2.00 bits per heavy atom. The molecule has 0 amide bonds. The van der Waals surface area contributed by atoms with Crippen molar-refractivity contribution in [3.63, 3.8) is 0 Å². The molecule has 4 heteroatoms. The molecule has 0 saturated carbocycles. The quantitative estimate of drug-likeness (QED) is 0.543. The first-order valence-electron chi connectivity index (χ1n) is 7.48. The number of nitrogens with one attached hydrogen (secondary N) is 2. The molecule has 4 nitrogen and oxygen atoms in total. The van der Waals surface area contributed by atoms with Gasteiger partial charge in [0.15, 0.2) is 0 Å². The standard InChI is InChI=1S/C16H24N4/c1-2-16(19-14-8-10-18-11-9-14)20-15(17)12-13-6-4-3-5-7-13/h3-7,14,18H,2,8-12H2,1H3,(H2,17,19,20)/p+1. The van der Waals surface area contributed by atoms with Crippen LogP contribution < -0.4 is 16.0 Å². The first-order chi connectivity index (χ1) is 9.78. The van der Waals surface area contributed by atoms with Crippen molar-refractivity contribution in [3.05, 3.63) is 35.9 Å². The molecule has 0 atom stereocenters. The van der Waals surface area contributed by atoms with Gasteiger partial charge >= 0.3 is 0 Å². The smallest absolute Gasteiger partial charge is 0.293 e. The Kier molecular flexibility index (Phi) is 5.74. The maximum atomic E-state index is 6.06. The van der Waals surface area contributed by atoms with Crippen molar-refractivity contribution in [3.8, 4) is 0 Å². The fourth-order valence-electron chi connectivity index (χ4n) is 2.43. The fourth-order valence-corrected chi connectivity index (χ4v) is 2.43. The number of amidine groups is 2. The van der Waals surface area contributed by atoms with Crippen molar-refractivity contribution in [1.29, 1.82) is 0 Å². The summed E-state index contributed by atoms with van der Waals surface area (Å²) in [6.45, 7) is 4.28. The summed E-state index contributed by atoms with van der Waals surface area (Å²) < 4.78 is 0. The normalized spacial score (nSPS) is 18.2. The molecule has 1 fully saturated rings. The molecule has 0 aliphatic carbocycles. The van der Waals surface area contributed by atoms with E-state index < -0.39 is 0 Å². The van der Waals surface area contributed by atoms with Gasteiger partial charge in [-0.3, -0.25) is 4.99 Å². The highest BCUT2D eigenvalue weighted by atomic mass is 15.0. The molecule has 2 rings (SSSR count). The molecule has 1 aromatic rings. The van der Waals surface area contributed by atoms with Gasteiger partial charge in [0.05, 0.1) is 18.9 Å². The van der Waals surface area contributed by atoms with Crippen LogP contribution in [0.2, 0.25) is 0 Å². The third-order valence-electron chi connectivity index (χ3n) is 3.55. The van der Waals surface area contributed by atoms with Crippen LogP contribution in [0.4, 0.5) is 0 Å². The molecule has 1 aromatic carbocycles. The third kappa shape index (κ3) is 4.78. The van der Waals surface area contributed by atoms with Crippen LogP contribution in [-0.2, 0) is 6.42 Å². The van der Waals surface area contributed by atoms with Gasteiger partial charge in [-0.25, -0.2) is 0 Å². The number of hydrogen-bond acceptors (Lipinski definition) is 1. The minimum atomic E-state index is 0.527. The third-order valence-corrected chi connectivity index (χ3v) is 3.55. The van der Waals surface area contributed by atoms with Gasteiger partial charge in [-0.15, -0.1) is 0 Å². The summed E-state index contributed by atoms with van der Waals surface area (Å²) in [7, 11) is 0. The lowest BCUT2D eigenvalue weighted by atomic mass is 10.1. The van der Waals surface area contributed by atoms with Gasteiger partial charge in [0.1, 0.15) is 0 Å². The van der Waals surface area contributed by atoms with E-state index in [-0.39, 0.29) is 0 Å². The average molecular weight is 273 g/mol. The highest BCUT2D eigenvalue weighted by Gasteiger charge is 2.16. The number of rotatable bonds is 4. The lowest BCUT2D eigenvalue weighted by molar-refractivity contribution is -0.508. The number of aliphatic imine (C=N–C) groups is 1. The summed E-state index contributed by atoms with van der Waals surface area (Å²) in [6.07, 6.45) is 3.90. The Labute approximate surface area is 121 Å². The van der Waals surface area contributed by atoms with E-state index in [1.165, 1.54) is 5.56 Å². The van der Waals surface area contributed by atoms with Crippen molar-refractivity contribution in [2.75, 3.05) is 13.1 Å².